The van der Waals surface area contributed by atoms with Crippen molar-refractivity contribution in [2.24, 2.45) is 0 Å². The van der Waals surface area contributed by atoms with E-state index in [0.29, 0.717) is 17.6 Å². The summed E-state index contributed by atoms with van der Waals surface area (Å²) in [7, 11) is 0. The number of rotatable bonds is 4. The predicted molar refractivity (Wildman–Crippen MR) is 269 cm³/mol. The summed E-state index contributed by atoms with van der Waals surface area (Å²) in [6, 6.07) is 70.2. The van der Waals surface area contributed by atoms with E-state index in [4.69, 9.17) is 23.8 Å². The molecule has 66 heavy (non-hydrogen) atoms. The lowest BCUT2D eigenvalue weighted by molar-refractivity contribution is 0.666. The highest BCUT2D eigenvalue weighted by molar-refractivity contribution is 6.22. The molecule has 0 atom stereocenters. The first-order valence-electron chi connectivity index (χ1n) is 22.2. The number of aromatic nitrogens is 5. The predicted octanol–water partition coefficient (Wildman–Crippen LogP) is 15.5. The van der Waals surface area contributed by atoms with E-state index in [1.165, 1.54) is 32.3 Å². The van der Waals surface area contributed by atoms with Crippen molar-refractivity contribution < 1.29 is 8.83 Å². The van der Waals surface area contributed by atoms with Gasteiger partial charge in [0.2, 0.25) is 5.95 Å². The fourth-order valence-electron chi connectivity index (χ4n) is 10.7. The lowest BCUT2D eigenvalue weighted by Gasteiger charge is -2.14. The van der Waals surface area contributed by atoms with Gasteiger partial charge in [-0.2, -0.15) is 9.97 Å². The Bertz CT molecular complexity index is 4500. The zero-order valence-corrected chi connectivity index (χ0v) is 35.1. The van der Waals surface area contributed by atoms with Crippen molar-refractivity contribution in [1.29, 1.82) is 0 Å². The number of nitrogens with zero attached hydrogens (tertiary/aromatic N) is 5. The molecular formula is C59H33N5O2. The van der Waals surface area contributed by atoms with Crippen LogP contribution in [0.2, 0.25) is 0 Å². The summed E-state index contributed by atoms with van der Waals surface area (Å²) < 4.78 is 18.3. The Kier molecular flexibility index (Phi) is 7.10. The molecule has 10 aromatic carbocycles. The van der Waals surface area contributed by atoms with Gasteiger partial charge in [-0.15, -0.1) is 0 Å². The second kappa shape index (κ2) is 13.2. The van der Waals surface area contributed by atoms with Crippen LogP contribution in [0.4, 0.5) is 0 Å². The third kappa shape index (κ3) is 4.88. The van der Waals surface area contributed by atoms with Crippen LogP contribution in [0.1, 0.15) is 0 Å². The van der Waals surface area contributed by atoms with Gasteiger partial charge in [0.15, 0.2) is 17.2 Å². The quantitative estimate of drug-likeness (QED) is 0.176. The minimum Gasteiger partial charge on any atom is -0.455 e. The van der Waals surface area contributed by atoms with Crippen LogP contribution in [0, 0.1) is 0 Å². The van der Waals surface area contributed by atoms with Crippen molar-refractivity contribution >= 4 is 109 Å². The van der Waals surface area contributed by atoms with Crippen molar-refractivity contribution in [3.8, 4) is 34.4 Å². The zero-order valence-electron chi connectivity index (χ0n) is 35.1. The highest BCUT2D eigenvalue weighted by atomic mass is 16.3. The maximum atomic E-state index is 7.08. The summed E-state index contributed by atoms with van der Waals surface area (Å²) in [5.74, 6) is 1.53. The fraction of sp³-hybridized carbons (Fsp3) is 0. The molecule has 0 fully saturated rings. The topological polar surface area (TPSA) is 74.8 Å². The molecule has 7 nitrogen and oxygen atoms in total. The molecule has 15 rings (SSSR count). The van der Waals surface area contributed by atoms with E-state index in [0.717, 1.165) is 93.5 Å². The van der Waals surface area contributed by atoms with Gasteiger partial charge in [-0.3, -0.25) is 4.57 Å². The van der Waals surface area contributed by atoms with Crippen LogP contribution in [-0.2, 0) is 0 Å². The molecule has 0 bridgehead atoms. The Hall–Kier alpha value is -9.07. The van der Waals surface area contributed by atoms with Crippen molar-refractivity contribution in [2.45, 2.75) is 0 Å². The first-order chi connectivity index (χ1) is 32.7. The van der Waals surface area contributed by atoms with Crippen LogP contribution in [0.5, 0.6) is 0 Å². The largest absolute Gasteiger partial charge is 0.455 e. The summed E-state index contributed by atoms with van der Waals surface area (Å²) in [6.07, 6.45) is 0. The lowest BCUT2D eigenvalue weighted by Crippen LogP contribution is -2.07. The third-order valence-electron chi connectivity index (χ3n) is 13.6. The van der Waals surface area contributed by atoms with Crippen molar-refractivity contribution in [2.75, 3.05) is 0 Å². The minimum atomic E-state index is 0.506. The minimum absolute atomic E-state index is 0.506. The smallest absolute Gasteiger partial charge is 0.238 e. The van der Waals surface area contributed by atoms with Gasteiger partial charge in [0.05, 0.1) is 33.3 Å². The zero-order chi connectivity index (χ0) is 43.0. The summed E-state index contributed by atoms with van der Waals surface area (Å²) in [5, 5.41) is 13.3. The normalized spacial score (nSPS) is 12.2. The van der Waals surface area contributed by atoms with Crippen molar-refractivity contribution in [1.82, 2.24) is 24.1 Å². The average Bonchev–Trinajstić information content (AvgIpc) is 4.13. The Morgan fingerprint density at radius 1 is 0.333 bits per heavy atom. The van der Waals surface area contributed by atoms with E-state index < -0.39 is 0 Å². The van der Waals surface area contributed by atoms with Gasteiger partial charge in [0.1, 0.15) is 16.7 Å². The highest BCUT2D eigenvalue weighted by Gasteiger charge is 2.26. The van der Waals surface area contributed by atoms with E-state index in [-0.39, 0.29) is 0 Å². The molecule has 0 saturated carbocycles. The molecule has 0 radical (unpaired) electrons. The molecule has 0 spiro atoms. The Morgan fingerprint density at radius 2 is 0.924 bits per heavy atom. The number of hydrogen-bond donors (Lipinski definition) is 0. The first kappa shape index (κ1) is 35.4. The van der Waals surface area contributed by atoms with Crippen LogP contribution in [0.25, 0.3) is 143 Å². The molecule has 306 valence electrons. The third-order valence-corrected chi connectivity index (χ3v) is 13.6. The van der Waals surface area contributed by atoms with E-state index in [9.17, 15) is 0 Å². The standard InChI is InChI=1S/C59H33N5O2/c1-2-16-36-33-50-46(32-35(36)15-1)41-29-28-34-14-3-4-17-37(34)54(41)63(50)49-31-30-44(53-43-21-8-12-27-52(43)66-56(49)53)57-60-58(45-23-13-22-42-40-20-7-11-26-51(40)65-55(42)45)62-59(61-57)64-47-24-9-5-18-38(47)39-19-6-10-25-48(39)64/h1-33H. The Balaban J connectivity index is 1.07. The summed E-state index contributed by atoms with van der Waals surface area (Å²) in [5.41, 5.74) is 9.84. The number of furan rings is 2. The molecule has 0 aliphatic carbocycles. The maximum absolute atomic E-state index is 7.08. The maximum Gasteiger partial charge on any atom is 0.238 e. The summed E-state index contributed by atoms with van der Waals surface area (Å²) in [4.78, 5) is 16.2. The SMILES string of the molecule is c1ccc2cc3c(cc2c1)c1ccc2ccccc2c1n3-c1ccc(-c2nc(-c3cccc4c3oc3ccccc34)nc(-n3c4ccccc4c4ccccc43)n2)c2c1oc1ccccc12. The molecule has 0 unspecified atom stereocenters. The summed E-state index contributed by atoms with van der Waals surface area (Å²) in [6.45, 7) is 0. The van der Waals surface area contributed by atoms with E-state index >= 15 is 0 Å². The average molecular weight is 844 g/mol. The monoisotopic (exact) mass is 843 g/mol. The van der Waals surface area contributed by atoms with Gasteiger partial charge in [0, 0.05) is 54.0 Å². The molecular weight excluding hydrogens is 811 g/mol. The molecule has 15 aromatic rings. The van der Waals surface area contributed by atoms with Crippen LogP contribution in [0.15, 0.2) is 209 Å². The van der Waals surface area contributed by atoms with Crippen LogP contribution < -0.4 is 0 Å². The fourth-order valence-corrected chi connectivity index (χ4v) is 10.7. The number of fused-ring (bicyclic) bond motifs is 15. The van der Waals surface area contributed by atoms with E-state index in [1.54, 1.807) is 0 Å². The van der Waals surface area contributed by atoms with Gasteiger partial charge in [-0.25, -0.2) is 4.98 Å². The molecule has 0 aliphatic heterocycles. The highest BCUT2D eigenvalue weighted by Crippen LogP contribution is 2.45. The van der Waals surface area contributed by atoms with Crippen LogP contribution >= 0.6 is 0 Å². The van der Waals surface area contributed by atoms with E-state index in [2.05, 4.69) is 173 Å². The Morgan fingerprint density at radius 3 is 1.70 bits per heavy atom. The summed E-state index contributed by atoms with van der Waals surface area (Å²) >= 11 is 0. The van der Waals surface area contributed by atoms with Gasteiger partial charge in [0.25, 0.3) is 0 Å². The van der Waals surface area contributed by atoms with Gasteiger partial charge >= 0.3 is 0 Å². The Labute approximate surface area is 375 Å². The van der Waals surface area contributed by atoms with Crippen molar-refractivity contribution in [3.05, 3.63) is 200 Å². The molecule has 0 N–H and O–H groups in total. The second-order valence-electron chi connectivity index (χ2n) is 17.1. The van der Waals surface area contributed by atoms with Crippen molar-refractivity contribution in [3.63, 3.8) is 0 Å². The lowest BCUT2D eigenvalue weighted by atomic mass is 10.0. The van der Waals surface area contributed by atoms with Gasteiger partial charge in [-0.05, 0) is 70.8 Å². The number of benzene rings is 10. The molecule has 5 aromatic heterocycles. The van der Waals surface area contributed by atoms with Crippen LogP contribution in [-0.4, -0.2) is 24.1 Å². The molecule has 0 amide bonds. The second-order valence-corrected chi connectivity index (χ2v) is 17.1. The molecule has 0 saturated heterocycles. The van der Waals surface area contributed by atoms with Crippen LogP contribution in [0.3, 0.4) is 0 Å². The van der Waals surface area contributed by atoms with Gasteiger partial charge < -0.3 is 13.4 Å². The number of para-hydroxylation sites is 5. The van der Waals surface area contributed by atoms with Gasteiger partial charge in [-0.1, -0.05) is 146 Å². The molecule has 5 heterocycles. The van der Waals surface area contributed by atoms with E-state index in [1.807, 2.05) is 36.4 Å². The number of hydrogen-bond acceptors (Lipinski definition) is 5. The molecule has 7 heteroatoms. The first-order valence-corrected chi connectivity index (χ1v) is 22.2. The molecule has 0 aliphatic rings.